The molecule has 1 atom stereocenters. The molecule has 0 aromatic heterocycles. The van der Waals surface area contributed by atoms with E-state index >= 15 is 0 Å². The number of ether oxygens (including phenoxy) is 1. The van der Waals surface area contributed by atoms with Crippen LogP contribution in [0.25, 0.3) is 0 Å². The van der Waals surface area contributed by atoms with Crippen LogP contribution in [0.15, 0.2) is 72.8 Å². The van der Waals surface area contributed by atoms with Crippen LogP contribution in [0.3, 0.4) is 0 Å². The third kappa shape index (κ3) is 8.58. The Morgan fingerprint density at radius 1 is 0.889 bits per heavy atom. The van der Waals surface area contributed by atoms with Gasteiger partial charge in [0.1, 0.15) is 6.04 Å². The van der Waals surface area contributed by atoms with Gasteiger partial charge >= 0.3 is 5.97 Å². The molecule has 2 N–H and O–H groups in total. The molecule has 0 bridgehead atoms. The van der Waals surface area contributed by atoms with Crippen LogP contribution < -0.4 is 10.6 Å². The summed E-state index contributed by atoms with van der Waals surface area (Å²) in [5.74, 6) is -0.728. The number of rotatable bonds is 10. The minimum Gasteiger partial charge on any atom is -0.464 e. The van der Waals surface area contributed by atoms with Crippen LogP contribution in [-0.4, -0.2) is 24.5 Å². The summed E-state index contributed by atoms with van der Waals surface area (Å²) in [6.07, 6.45) is 1.14. The molecular formula is C29H32Cl2N2O3. The van der Waals surface area contributed by atoms with Gasteiger partial charge in [0.15, 0.2) is 0 Å². The van der Waals surface area contributed by atoms with Crippen molar-refractivity contribution in [1.29, 1.82) is 0 Å². The van der Waals surface area contributed by atoms with E-state index < -0.39 is 12.0 Å². The Balaban J connectivity index is 1.72. The number of esters is 1. The molecule has 3 rings (SSSR count). The highest BCUT2D eigenvalue weighted by Gasteiger charge is 2.24. The fourth-order valence-corrected chi connectivity index (χ4v) is 4.06. The molecule has 1 unspecified atom stereocenters. The van der Waals surface area contributed by atoms with Crippen molar-refractivity contribution >= 4 is 46.5 Å². The van der Waals surface area contributed by atoms with E-state index in [0.29, 0.717) is 34.4 Å². The minimum atomic E-state index is -0.794. The second kappa shape index (κ2) is 12.8. The molecule has 0 aliphatic rings. The fraction of sp³-hybridized carbons (Fsp3) is 0.310. The lowest BCUT2D eigenvalue weighted by molar-refractivity contribution is -0.148. The lowest BCUT2D eigenvalue weighted by Gasteiger charge is -2.21. The van der Waals surface area contributed by atoms with Crippen LogP contribution in [0, 0.1) is 5.41 Å². The van der Waals surface area contributed by atoms with Crippen LogP contribution in [0.5, 0.6) is 0 Å². The Labute approximate surface area is 223 Å². The van der Waals surface area contributed by atoms with Crippen molar-refractivity contribution in [1.82, 2.24) is 5.32 Å². The number of hydrogen-bond acceptors (Lipinski definition) is 4. The van der Waals surface area contributed by atoms with Gasteiger partial charge in [-0.2, -0.15) is 0 Å². The van der Waals surface area contributed by atoms with Gasteiger partial charge in [0, 0.05) is 12.1 Å². The van der Waals surface area contributed by atoms with E-state index in [1.54, 1.807) is 18.2 Å². The molecule has 0 saturated carbocycles. The summed E-state index contributed by atoms with van der Waals surface area (Å²) in [7, 11) is 0. The molecule has 5 nitrogen and oxygen atoms in total. The van der Waals surface area contributed by atoms with E-state index in [0.717, 1.165) is 17.5 Å². The van der Waals surface area contributed by atoms with Gasteiger partial charge < -0.3 is 15.4 Å². The van der Waals surface area contributed by atoms with Crippen molar-refractivity contribution in [2.75, 3.05) is 11.9 Å². The van der Waals surface area contributed by atoms with Crippen molar-refractivity contribution < 1.29 is 14.3 Å². The zero-order valence-corrected chi connectivity index (χ0v) is 22.3. The highest BCUT2D eigenvalue weighted by atomic mass is 35.5. The first-order valence-electron chi connectivity index (χ1n) is 11.9. The third-order valence-corrected chi connectivity index (χ3v) is 6.22. The van der Waals surface area contributed by atoms with Crippen LogP contribution in [0.4, 0.5) is 11.4 Å². The lowest BCUT2D eigenvalue weighted by Crippen LogP contribution is -2.44. The fourth-order valence-electron chi connectivity index (χ4n) is 3.57. The van der Waals surface area contributed by atoms with E-state index in [4.69, 9.17) is 27.9 Å². The van der Waals surface area contributed by atoms with Crippen molar-refractivity contribution in [3.8, 4) is 0 Å². The van der Waals surface area contributed by atoms with Crippen molar-refractivity contribution in [3.05, 3.63) is 94.0 Å². The molecular weight excluding hydrogens is 495 g/mol. The molecule has 1 amide bonds. The Kier molecular flexibility index (Phi) is 9.80. The van der Waals surface area contributed by atoms with Gasteiger partial charge in [-0.1, -0.05) is 98.6 Å². The van der Waals surface area contributed by atoms with Gasteiger partial charge in [0.25, 0.3) is 0 Å². The molecule has 36 heavy (non-hydrogen) atoms. The van der Waals surface area contributed by atoms with Gasteiger partial charge in [0.2, 0.25) is 5.91 Å². The summed E-state index contributed by atoms with van der Waals surface area (Å²) in [6.45, 7) is 6.57. The highest BCUT2D eigenvalue weighted by Crippen LogP contribution is 2.33. The molecule has 0 saturated heterocycles. The summed E-state index contributed by atoms with van der Waals surface area (Å²) in [4.78, 5) is 26.0. The molecule has 0 aliphatic heterocycles. The number of hydrogen-bond donors (Lipinski definition) is 2. The quantitative estimate of drug-likeness (QED) is 0.279. The Morgan fingerprint density at radius 2 is 1.53 bits per heavy atom. The molecule has 0 spiro atoms. The topological polar surface area (TPSA) is 67.4 Å². The monoisotopic (exact) mass is 526 g/mol. The number of amides is 1. The van der Waals surface area contributed by atoms with E-state index in [-0.39, 0.29) is 17.7 Å². The Morgan fingerprint density at radius 3 is 2.19 bits per heavy atom. The number of benzene rings is 3. The van der Waals surface area contributed by atoms with Gasteiger partial charge in [-0.15, -0.1) is 0 Å². The van der Waals surface area contributed by atoms with E-state index in [2.05, 4.69) is 31.4 Å². The predicted octanol–water partition coefficient (Wildman–Crippen LogP) is 6.99. The van der Waals surface area contributed by atoms with E-state index in [1.165, 1.54) is 0 Å². The second-order valence-electron chi connectivity index (χ2n) is 9.84. The van der Waals surface area contributed by atoms with Crippen LogP contribution in [-0.2, 0) is 27.2 Å². The summed E-state index contributed by atoms with van der Waals surface area (Å²) in [5.41, 5.74) is 2.99. The zero-order valence-electron chi connectivity index (χ0n) is 20.8. The minimum absolute atomic E-state index is 0.0414. The first-order chi connectivity index (χ1) is 17.1. The third-order valence-electron chi connectivity index (χ3n) is 5.59. The van der Waals surface area contributed by atoms with Gasteiger partial charge in [-0.3, -0.25) is 4.79 Å². The van der Waals surface area contributed by atoms with Gasteiger partial charge in [-0.25, -0.2) is 4.79 Å². The maximum atomic E-state index is 13.1. The van der Waals surface area contributed by atoms with Crippen molar-refractivity contribution in [2.24, 2.45) is 5.41 Å². The first kappa shape index (κ1) is 27.6. The molecule has 0 aliphatic carbocycles. The standard InChI is InChI=1S/C29H32Cl2N2O3/c1-29(2,3)16-17-36-28(35)25(18-20-10-5-4-6-11-20)32-26(34)19-21-12-7-8-15-24(21)33-27-22(30)13-9-14-23(27)31/h4-15,25,33H,16-19H2,1-3H3,(H,32,34). The SMILES string of the molecule is CC(C)(C)CCOC(=O)C(Cc1ccccc1)NC(=O)Cc1ccccc1Nc1c(Cl)cccc1Cl. The maximum absolute atomic E-state index is 13.1. The molecule has 190 valence electrons. The Hall–Kier alpha value is -3.02. The zero-order chi connectivity index (χ0) is 26.1. The number of carbonyl (C=O) groups is 2. The summed E-state index contributed by atoms with van der Waals surface area (Å²) in [6, 6.07) is 21.4. The summed E-state index contributed by atoms with van der Waals surface area (Å²) < 4.78 is 5.54. The molecule has 3 aromatic rings. The van der Waals surface area contributed by atoms with Crippen LogP contribution >= 0.6 is 23.2 Å². The molecule has 0 heterocycles. The largest absolute Gasteiger partial charge is 0.464 e. The van der Waals surface area contributed by atoms with Gasteiger partial charge in [-0.05, 0) is 41.2 Å². The molecule has 0 radical (unpaired) electrons. The molecule has 0 fully saturated rings. The number of anilines is 2. The number of halogens is 2. The highest BCUT2D eigenvalue weighted by molar-refractivity contribution is 6.39. The smallest absolute Gasteiger partial charge is 0.328 e. The number of carbonyl (C=O) groups excluding carboxylic acids is 2. The molecule has 7 heteroatoms. The van der Waals surface area contributed by atoms with Crippen molar-refractivity contribution in [3.63, 3.8) is 0 Å². The van der Waals surface area contributed by atoms with E-state index in [9.17, 15) is 9.59 Å². The average molecular weight is 527 g/mol. The lowest BCUT2D eigenvalue weighted by atomic mass is 9.93. The number of para-hydroxylation sites is 2. The van der Waals surface area contributed by atoms with Crippen LogP contribution in [0.2, 0.25) is 10.0 Å². The normalized spacial score (nSPS) is 12.0. The van der Waals surface area contributed by atoms with Crippen molar-refractivity contribution in [2.45, 2.75) is 46.1 Å². The second-order valence-corrected chi connectivity index (χ2v) is 10.7. The summed E-state index contributed by atoms with van der Waals surface area (Å²) in [5, 5.41) is 7.07. The van der Waals surface area contributed by atoms with Crippen LogP contribution in [0.1, 0.15) is 38.3 Å². The van der Waals surface area contributed by atoms with Gasteiger partial charge in [0.05, 0.1) is 28.8 Å². The average Bonchev–Trinajstić information content (AvgIpc) is 2.82. The Bertz CT molecular complexity index is 1160. The first-order valence-corrected chi connectivity index (χ1v) is 12.7. The van der Waals surface area contributed by atoms with E-state index in [1.807, 2.05) is 54.6 Å². The maximum Gasteiger partial charge on any atom is 0.328 e. The number of nitrogens with one attached hydrogen (secondary N) is 2. The molecule has 3 aromatic carbocycles. The predicted molar refractivity (Wildman–Crippen MR) is 147 cm³/mol. The summed E-state index contributed by atoms with van der Waals surface area (Å²) >= 11 is 12.6.